The Balaban J connectivity index is 1.45. The fraction of sp³-hybridized carbons (Fsp3) is 0.500. The van der Waals surface area contributed by atoms with Gasteiger partial charge in [0.25, 0.3) is 0 Å². The molecule has 0 unspecified atom stereocenters. The number of halogens is 3. The molecule has 4 heterocycles. The van der Waals surface area contributed by atoms with E-state index < -0.39 is 17.7 Å². The normalized spacial score (nSPS) is 22.5. The third-order valence-corrected chi connectivity index (χ3v) is 7.23. The van der Waals surface area contributed by atoms with E-state index in [1.54, 1.807) is 28.3 Å². The van der Waals surface area contributed by atoms with Crippen molar-refractivity contribution in [2.75, 3.05) is 55.6 Å². The number of carbonyl (C=O) groups is 2. The number of carbonyl (C=O) groups excluding carboxylic acids is 2. The molecule has 0 bridgehead atoms. The molecule has 3 aliphatic heterocycles. The summed E-state index contributed by atoms with van der Waals surface area (Å²) in [6.07, 6.45) is -0.880. The summed E-state index contributed by atoms with van der Waals surface area (Å²) in [6.45, 7) is 4.90. The average molecular weight is 489 g/mol. The molecule has 0 N–H and O–H groups in total. The van der Waals surface area contributed by atoms with Crippen molar-refractivity contribution in [2.24, 2.45) is 5.92 Å². The lowest BCUT2D eigenvalue weighted by atomic mass is 9.82. The second-order valence-corrected chi connectivity index (χ2v) is 9.24. The second-order valence-electron chi connectivity index (χ2n) is 9.24. The van der Waals surface area contributed by atoms with E-state index in [1.807, 2.05) is 4.90 Å². The Morgan fingerprint density at radius 1 is 0.971 bits per heavy atom. The van der Waals surface area contributed by atoms with Gasteiger partial charge in [-0.3, -0.25) is 9.59 Å². The van der Waals surface area contributed by atoms with Crippen LogP contribution in [0.15, 0.2) is 36.7 Å². The third-order valence-electron chi connectivity index (χ3n) is 7.23. The molecule has 2 amide bonds. The molecule has 2 saturated heterocycles. The van der Waals surface area contributed by atoms with E-state index in [9.17, 15) is 22.8 Å². The molecule has 2 aromatic rings. The van der Waals surface area contributed by atoms with Crippen LogP contribution in [0.5, 0.6) is 0 Å². The van der Waals surface area contributed by atoms with Gasteiger partial charge in [-0.05, 0) is 36.2 Å². The van der Waals surface area contributed by atoms with Crippen LogP contribution in [0.25, 0.3) is 0 Å². The Morgan fingerprint density at radius 2 is 1.66 bits per heavy atom. The Morgan fingerprint density at radius 3 is 2.31 bits per heavy atom. The zero-order valence-corrected chi connectivity index (χ0v) is 19.4. The predicted octanol–water partition coefficient (Wildman–Crippen LogP) is 2.05. The smallest absolute Gasteiger partial charge is 0.364 e. The zero-order chi connectivity index (χ0) is 24.7. The minimum absolute atomic E-state index is 0.0275. The highest BCUT2D eigenvalue weighted by molar-refractivity contribution is 5.83. The summed E-state index contributed by atoms with van der Waals surface area (Å²) in [7, 11) is 0. The number of hydrogen-bond acceptors (Lipinski definition) is 6. The molecule has 2 fully saturated rings. The van der Waals surface area contributed by atoms with Gasteiger partial charge in [0, 0.05) is 70.8 Å². The van der Waals surface area contributed by atoms with Crippen LogP contribution in [0.1, 0.15) is 18.1 Å². The molecule has 35 heavy (non-hydrogen) atoms. The average Bonchev–Trinajstić information content (AvgIpc) is 2.87. The summed E-state index contributed by atoms with van der Waals surface area (Å²) < 4.78 is 40.3. The molecule has 0 aliphatic carbocycles. The molecule has 0 radical (unpaired) electrons. The van der Waals surface area contributed by atoms with Crippen LogP contribution in [0, 0.1) is 5.92 Å². The van der Waals surface area contributed by atoms with E-state index in [1.165, 1.54) is 19.1 Å². The van der Waals surface area contributed by atoms with Gasteiger partial charge in [0.2, 0.25) is 17.8 Å². The monoisotopic (exact) mass is 488 g/mol. The lowest BCUT2D eigenvalue weighted by Crippen LogP contribution is -2.62. The summed E-state index contributed by atoms with van der Waals surface area (Å²) in [5.41, 5.74) is 0.593. The van der Waals surface area contributed by atoms with E-state index in [2.05, 4.69) is 14.9 Å². The zero-order valence-electron chi connectivity index (χ0n) is 19.4. The highest BCUT2D eigenvalue weighted by atomic mass is 19.4. The Kier molecular flexibility index (Phi) is 6.02. The topological polar surface area (TPSA) is 72.9 Å². The van der Waals surface area contributed by atoms with Gasteiger partial charge in [-0.2, -0.15) is 13.2 Å². The van der Waals surface area contributed by atoms with Crippen LogP contribution in [0.2, 0.25) is 0 Å². The number of benzene rings is 1. The molecule has 0 spiro atoms. The SMILES string of the molecule is CC(=O)N1CCN(C(=O)[C@@H]2Cc3cc(C(F)(F)F)ccc3N3CCN(c4ncccn4)C[C@H]23)CC1. The summed E-state index contributed by atoms with van der Waals surface area (Å²) >= 11 is 0. The van der Waals surface area contributed by atoms with Crippen molar-refractivity contribution in [3.05, 3.63) is 47.8 Å². The Labute approximate surface area is 201 Å². The first-order valence-corrected chi connectivity index (χ1v) is 11.8. The maximum atomic E-state index is 13.7. The predicted molar refractivity (Wildman–Crippen MR) is 123 cm³/mol. The van der Waals surface area contributed by atoms with Gasteiger partial charge >= 0.3 is 6.18 Å². The Bertz CT molecular complexity index is 1100. The molecule has 1 aromatic carbocycles. The standard InChI is InChI=1S/C24H27F3N6O2/c1-16(34)30-7-9-31(10-8-30)22(35)19-14-17-13-18(24(25,26)27)3-4-20(17)33-12-11-32(15-21(19)33)23-28-5-2-6-29-23/h2-6,13,19,21H,7-12,14-15H2,1H3/t19-,21-/m1/s1. The molecule has 8 nitrogen and oxygen atoms in total. The van der Waals surface area contributed by atoms with E-state index in [0.29, 0.717) is 57.3 Å². The van der Waals surface area contributed by atoms with Crippen molar-refractivity contribution >= 4 is 23.5 Å². The van der Waals surface area contributed by atoms with Crippen molar-refractivity contribution < 1.29 is 22.8 Å². The van der Waals surface area contributed by atoms with Crippen molar-refractivity contribution in [1.29, 1.82) is 0 Å². The summed E-state index contributed by atoms with van der Waals surface area (Å²) in [4.78, 5) is 41.7. The largest absolute Gasteiger partial charge is 0.416 e. The Hall–Kier alpha value is -3.37. The minimum Gasteiger partial charge on any atom is -0.364 e. The van der Waals surface area contributed by atoms with Crippen molar-refractivity contribution in [1.82, 2.24) is 19.8 Å². The van der Waals surface area contributed by atoms with Crippen LogP contribution in [0.3, 0.4) is 0 Å². The quantitative estimate of drug-likeness (QED) is 0.645. The molecule has 1 aromatic heterocycles. The third kappa shape index (κ3) is 4.51. The van der Waals surface area contributed by atoms with Crippen molar-refractivity contribution in [2.45, 2.75) is 25.6 Å². The summed E-state index contributed by atoms with van der Waals surface area (Å²) in [5, 5.41) is 0. The van der Waals surface area contributed by atoms with Crippen LogP contribution >= 0.6 is 0 Å². The number of hydrogen-bond donors (Lipinski definition) is 0. The molecule has 3 aliphatic rings. The van der Waals surface area contributed by atoms with Gasteiger partial charge in [0.05, 0.1) is 17.5 Å². The fourth-order valence-corrected chi connectivity index (χ4v) is 5.40. The fourth-order valence-electron chi connectivity index (χ4n) is 5.40. The number of fused-ring (bicyclic) bond motifs is 3. The van der Waals surface area contributed by atoms with E-state index in [0.717, 1.165) is 11.8 Å². The number of alkyl halides is 3. The molecule has 11 heteroatoms. The number of nitrogens with zero attached hydrogens (tertiary/aromatic N) is 6. The van der Waals surface area contributed by atoms with Crippen molar-refractivity contribution in [3.63, 3.8) is 0 Å². The molecule has 2 atom stereocenters. The van der Waals surface area contributed by atoms with E-state index in [-0.39, 0.29) is 24.3 Å². The molecular formula is C24H27F3N6O2. The van der Waals surface area contributed by atoms with Crippen LogP contribution < -0.4 is 9.80 Å². The first-order chi connectivity index (χ1) is 16.7. The van der Waals surface area contributed by atoms with Gasteiger partial charge in [-0.25, -0.2) is 9.97 Å². The molecule has 0 saturated carbocycles. The van der Waals surface area contributed by atoms with E-state index >= 15 is 0 Å². The number of rotatable bonds is 2. The van der Waals surface area contributed by atoms with Crippen LogP contribution in [0.4, 0.5) is 24.8 Å². The van der Waals surface area contributed by atoms with Crippen molar-refractivity contribution in [3.8, 4) is 0 Å². The minimum atomic E-state index is -4.45. The lowest BCUT2D eigenvalue weighted by molar-refractivity contribution is -0.142. The van der Waals surface area contributed by atoms with Gasteiger partial charge in [0.1, 0.15) is 0 Å². The number of aromatic nitrogens is 2. The highest BCUT2D eigenvalue weighted by Crippen LogP contribution is 2.40. The number of anilines is 2. The maximum absolute atomic E-state index is 13.7. The van der Waals surface area contributed by atoms with Crippen LogP contribution in [-0.4, -0.2) is 83.4 Å². The number of piperazine rings is 2. The molecular weight excluding hydrogens is 461 g/mol. The summed E-state index contributed by atoms with van der Waals surface area (Å²) in [5.74, 6) is -0.0459. The van der Waals surface area contributed by atoms with Gasteiger partial charge < -0.3 is 19.6 Å². The first-order valence-electron chi connectivity index (χ1n) is 11.8. The lowest BCUT2D eigenvalue weighted by Gasteiger charge is -2.50. The first kappa shape index (κ1) is 23.4. The van der Waals surface area contributed by atoms with Crippen LogP contribution in [-0.2, 0) is 22.2 Å². The maximum Gasteiger partial charge on any atom is 0.416 e. The second kappa shape index (κ2) is 9.01. The van der Waals surface area contributed by atoms with E-state index in [4.69, 9.17) is 0 Å². The summed E-state index contributed by atoms with van der Waals surface area (Å²) in [6, 6.07) is 5.35. The number of amides is 2. The van der Waals surface area contributed by atoms with Gasteiger partial charge in [-0.1, -0.05) is 0 Å². The molecule has 186 valence electrons. The van der Waals surface area contributed by atoms with Gasteiger partial charge in [0.15, 0.2) is 0 Å². The highest BCUT2D eigenvalue weighted by Gasteiger charge is 2.44. The molecule has 5 rings (SSSR count). The van der Waals surface area contributed by atoms with Gasteiger partial charge in [-0.15, -0.1) is 0 Å².